The number of halogens is 1. The lowest BCUT2D eigenvalue weighted by Gasteiger charge is -2.33. The van der Waals surface area contributed by atoms with E-state index in [2.05, 4.69) is 10.8 Å². The van der Waals surface area contributed by atoms with Gasteiger partial charge in [0.2, 0.25) is 0 Å². The van der Waals surface area contributed by atoms with Crippen molar-refractivity contribution in [3.63, 3.8) is 0 Å². The molecular weight excluding hydrogens is 245 g/mol. The van der Waals surface area contributed by atoms with Crippen LogP contribution in [-0.2, 0) is 0 Å². The minimum absolute atomic E-state index is 0.00295. The van der Waals surface area contributed by atoms with Crippen molar-refractivity contribution in [2.45, 2.75) is 0 Å². The fourth-order valence-corrected chi connectivity index (χ4v) is 2.10. The Morgan fingerprint density at radius 1 is 1.37 bits per heavy atom. The zero-order chi connectivity index (χ0) is 13.8. The minimum atomic E-state index is -0.504. The molecule has 1 aliphatic rings. The fraction of sp³-hybridized carbons (Fsp3) is 0.357. The van der Waals surface area contributed by atoms with Crippen LogP contribution in [-0.4, -0.2) is 48.4 Å². The third kappa shape index (κ3) is 3.04. The van der Waals surface area contributed by atoms with Crippen LogP contribution in [0.15, 0.2) is 18.2 Å². The molecule has 0 atom stereocenters. The van der Waals surface area contributed by atoms with Gasteiger partial charge in [0.1, 0.15) is 5.82 Å². The van der Waals surface area contributed by atoms with E-state index >= 15 is 0 Å². The van der Waals surface area contributed by atoms with Crippen LogP contribution in [0.5, 0.6) is 0 Å². The van der Waals surface area contributed by atoms with Gasteiger partial charge in [-0.3, -0.25) is 9.69 Å². The van der Waals surface area contributed by atoms with E-state index in [1.165, 1.54) is 18.2 Å². The first kappa shape index (κ1) is 13.4. The molecule has 0 aromatic heterocycles. The normalized spacial score (nSPS) is 16.1. The van der Waals surface area contributed by atoms with Gasteiger partial charge < -0.3 is 10.6 Å². The van der Waals surface area contributed by atoms with Crippen LogP contribution in [0.25, 0.3) is 0 Å². The molecular formula is C14H16FN3O. The maximum absolute atomic E-state index is 13.1. The van der Waals surface area contributed by atoms with Crippen LogP contribution in [0.2, 0.25) is 0 Å². The summed E-state index contributed by atoms with van der Waals surface area (Å²) in [6.45, 7) is 3.36. The van der Waals surface area contributed by atoms with Gasteiger partial charge >= 0.3 is 0 Å². The second-order valence-corrected chi connectivity index (χ2v) is 4.51. The number of rotatable bonds is 2. The summed E-state index contributed by atoms with van der Waals surface area (Å²) in [4.78, 5) is 16.1. The molecule has 5 heteroatoms. The van der Waals surface area contributed by atoms with Crippen molar-refractivity contribution in [1.82, 2.24) is 9.80 Å². The highest BCUT2D eigenvalue weighted by molar-refractivity contribution is 5.95. The molecule has 1 heterocycles. The van der Waals surface area contributed by atoms with Gasteiger partial charge in [-0.15, -0.1) is 6.42 Å². The number of nitrogens with two attached hydrogens (primary N) is 1. The predicted molar refractivity (Wildman–Crippen MR) is 72.0 cm³/mol. The van der Waals surface area contributed by atoms with Crippen LogP contribution < -0.4 is 5.73 Å². The number of piperazine rings is 1. The highest BCUT2D eigenvalue weighted by Crippen LogP contribution is 2.15. The summed E-state index contributed by atoms with van der Waals surface area (Å²) in [5, 5.41) is 0. The molecule has 100 valence electrons. The number of nitrogens with zero attached hydrogens (tertiary/aromatic N) is 2. The lowest BCUT2D eigenvalue weighted by Crippen LogP contribution is -2.48. The molecule has 1 amide bonds. The van der Waals surface area contributed by atoms with Crippen LogP contribution in [0.3, 0.4) is 0 Å². The molecule has 0 unspecified atom stereocenters. The average molecular weight is 261 g/mol. The number of benzene rings is 1. The smallest absolute Gasteiger partial charge is 0.254 e. The topological polar surface area (TPSA) is 49.6 Å². The molecule has 1 saturated heterocycles. The van der Waals surface area contributed by atoms with Gasteiger partial charge in [0, 0.05) is 31.7 Å². The van der Waals surface area contributed by atoms with Gasteiger partial charge in [0.25, 0.3) is 5.91 Å². The molecule has 2 rings (SSSR count). The Morgan fingerprint density at radius 2 is 2.05 bits per heavy atom. The van der Waals surface area contributed by atoms with Crippen LogP contribution in [0, 0.1) is 18.2 Å². The summed E-state index contributed by atoms with van der Waals surface area (Å²) < 4.78 is 13.1. The third-order valence-electron chi connectivity index (χ3n) is 3.22. The summed E-state index contributed by atoms with van der Waals surface area (Å²) >= 11 is 0. The lowest BCUT2D eigenvalue weighted by molar-refractivity contribution is 0.0652. The quantitative estimate of drug-likeness (QED) is 0.633. The Balaban J connectivity index is 2.01. The van der Waals surface area contributed by atoms with E-state index in [0.29, 0.717) is 25.2 Å². The number of hydrogen-bond acceptors (Lipinski definition) is 3. The number of anilines is 1. The van der Waals surface area contributed by atoms with E-state index in [0.717, 1.165) is 13.1 Å². The number of amides is 1. The number of hydrogen-bond donors (Lipinski definition) is 1. The van der Waals surface area contributed by atoms with Gasteiger partial charge in [-0.1, -0.05) is 5.92 Å². The van der Waals surface area contributed by atoms with E-state index in [-0.39, 0.29) is 11.6 Å². The van der Waals surface area contributed by atoms with E-state index in [9.17, 15) is 9.18 Å². The average Bonchev–Trinajstić information content (AvgIpc) is 2.42. The molecule has 1 aliphatic heterocycles. The van der Waals surface area contributed by atoms with Crippen molar-refractivity contribution in [2.75, 3.05) is 38.5 Å². The summed E-state index contributed by atoms with van der Waals surface area (Å²) in [6.07, 6.45) is 5.25. The van der Waals surface area contributed by atoms with E-state index in [1.807, 2.05) is 0 Å². The van der Waals surface area contributed by atoms with Crippen LogP contribution >= 0.6 is 0 Å². The summed E-state index contributed by atoms with van der Waals surface area (Å²) in [7, 11) is 0. The summed E-state index contributed by atoms with van der Waals surface area (Å²) in [5.41, 5.74) is 5.89. The molecule has 0 bridgehead atoms. The second kappa shape index (κ2) is 5.72. The Hall–Kier alpha value is -2.06. The number of carbonyl (C=O) groups is 1. The second-order valence-electron chi connectivity index (χ2n) is 4.51. The van der Waals surface area contributed by atoms with E-state index in [4.69, 9.17) is 12.2 Å². The van der Waals surface area contributed by atoms with Crippen molar-refractivity contribution >= 4 is 11.6 Å². The first-order valence-electron chi connectivity index (χ1n) is 6.12. The molecule has 1 aromatic rings. The molecule has 4 nitrogen and oxygen atoms in total. The zero-order valence-electron chi connectivity index (χ0n) is 10.6. The monoisotopic (exact) mass is 261 g/mol. The Kier molecular flexibility index (Phi) is 4.03. The predicted octanol–water partition coefficient (Wildman–Crippen LogP) is 0.799. The van der Waals surface area contributed by atoms with Gasteiger partial charge in [0.05, 0.1) is 12.2 Å². The molecule has 0 saturated carbocycles. The molecule has 19 heavy (non-hydrogen) atoms. The van der Waals surface area contributed by atoms with Crippen LogP contribution in [0.4, 0.5) is 10.1 Å². The van der Waals surface area contributed by atoms with Crippen molar-refractivity contribution < 1.29 is 9.18 Å². The lowest BCUT2D eigenvalue weighted by atomic mass is 10.1. The van der Waals surface area contributed by atoms with Crippen molar-refractivity contribution in [3.05, 3.63) is 29.6 Å². The van der Waals surface area contributed by atoms with Crippen molar-refractivity contribution in [2.24, 2.45) is 0 Å². The number of terminal acetylenes is 1. The first-order valence-corrected chi connectivity index (χ1v) is 6.12. The molecule has 0 spiro atoms. The fourth-order valence-electron chi connectivity index (χ4n) is 2.10. The largest absolute Gasteiger partial charge is 0.396 e. The SMILES string of the molecule is C#CCN1CCN(C(=O)c2ccc(F)c(N)c2)CC1. The first-order chi connectivity index (χ1) is 9.11. The number of carbonyl (C=O) groups excluding carboxylic acids is 1. The van der Waals surface area contributed by atoms with Crippen molar-refractivity contribution in [1.29, 1.82) is 0 Å². The number of nitrogen functional groups attached to an aromatic ring is 1. The molecule has 0 radical (unpaired) electrons. The third-order valence-corrected chi connectivity index (χ3v) is 3.22. The van der Waals surface area contributed by atoms with Crippen molar-refractivity contribution in [3.8, 4) is 12.3 Å². The maximum atomic E-state index is 13.1. The molecule has 1 aromatic carbocycles. The highest BCUT2D eigenvalue weighted by atomic mass is 19.1. The Bertz CT molecular complexity index is 516. The van der Waals surface area contributed by atoms with E-state index < -0.39 is 5.82 Å². The van der Waals surface area contributed by atoms with Gasteiger partial charge in [-0.2, -0.15) is 0 Å². The minimum Gasteiger partial charge on any atom is -0.396 e. The van der Waals surface area contributed by atoms with Gasteiger partial charge in [-0.05, 0) is 18.2 Å². The highest BCUT2D eigenvalue weighted by Gasteiger charge is 2.21. The van der Waals surface area contributed by atoms with Crippen LogP contribution in [0.1, 0.15) is 10.4 Å². The Labute approximate surface area is 112 Å². The Morgan fingerprint density at radius 3 is 2.63 bits per heavy atom. The summed E-state index contributed by atoms with van der Waals surface area (Å²) in [5.74, 6) is 1.97. The van der Waals surface area contributed by atoms with Gasteiger partial charge in [-0.25, -0.2) is 4.39 Å². The maximum Gasteiger partial charge on any atom is 0.254 e. The molecule has 1 fully saturated rings. The van der Waals surface area contributed by atoms with Gasteiger partial charge in [0.15, 0.2) is 0 Å². The molecule has 2 N–H and O–H groups in total. The standard InChI is InChI=1S/C14H16FN3O/c1-2-5-17-6-8-18(9-7-17)14(19)11-3-4-12(15)13(16)10-11/h1,3-4,10H,5-9,16H2. The molecule has 0 aliphatic carbocycles. The summed E-state index contributed by atoms with van der Waals surface area (Å²) in [6, 6.07) is 4.06. The van der Waals surface area contributed by atoms with E-state index in [1.54, 1.807) is 4.90 Å². The zero-order valence-corrected chi connectivity index (χ0v) is 10.6.